The highest BCUT2D eigenvalue weighted by atomic mass is 16.5. The van der Waals surface area contributed by atoms with Crippen LogP contribution in [0.15, 0.2) is 77.4 Å². The van der Waals surface area contributed by atoms with E-state index in [1.54, 1.807) is 6.26 Å². The van der Waals surface area contributed by atoms with Gasteiger partial charge in [-0.3, -0.25) is 4.79 Å². The van der Waals surface area contributed by atoms with Gasteiger partial charge in [-0.15, -0.1) is 0 Å². The molecule has 5 nitrogen and oxygen atoms in total. The molecule has 134 valence electrons. The van der Waals surface area contributed by atoms with Crippen LogP contribution in [0.4, 0.5) is 5.69 Å². The summed E-state index contributed by atoms with van der Waals surface area (Å²) >= 11 is 0. The van der Waals surface area contributed by atoms with E-state index >= 15 is 0 Å². The first-order valence-corrected chi connectivity index (χ1v) is 8.64. The molecule has 0 bridgehead atoms. The van der Waals surface area contributed by atoms with Gasteiger partial charge in [-0.2, -0.15) is 0 Å². The Morgan fingerprint density at radius 2 is 1.85 bits per heavy atom. The van der Waals surface area contributed by atoms with Crippen molar-refractivity contribution in [1.82, 2.24) is 0 Å². The van der Waals surface area contributed by atoms with Crippen LogP contribution in [0.3, 0.4) is 0 Å². The lowest BCUT2D eigenvalue weighted by atomic mass is 10.2. The van der Waals surface area contributed by atoms with Gasteiger partial charge in [0.2, 0.25) is 0 Å². The smallest absolute Gasteiger partial charge is 0.282 e. The van der Waals surface area contributed by atoms with Crippen LogP contribution in [0.1, 0.15) is 18.2 Å². The van der Waals surface area contributed by atoms with E-state index in [9.17, 15) is 4.79 Å². The highest BCUT2D eigenvalue weighted by Crippen LogP contribution is 2.17. The van der Waals surface area contributed by atoms with Crippen molar-refractivity contribution in [2.45, 2.75) is 26.1 Å². The Morgan fingerprint density at radius 1 is 1.08 bits per heavy atom. The number of carbonyl (C=O) groups excluding carboxylic acids is 1. The molecule has 26 heavy (non-hydrogen) atoms. The number of nitrogens with one attached hydrogen (secondary N) is 1. The van der Waals surface area contributed by atoms with Crippen LogP contribution in [-0.2, 0) is 17.9 Å². The maximum atomic E-state index is 12.3. The van der Waals surface area contributed by atoms with E-state index in [0.717, 1.165) is 22.8 Å². The van der Waals surface area contributed by atoms with Crippen LogP contribution < -0.4 is 15.4 Å². The van der Waals surface area contributed by atoms with E-state index in [-0.39, 0.29) is 11.9 Å². The van der Waals surface area contributed by atoms with Gasteiger partial charge in [0.25, 0.3) is 5.91 Å². The zero-order valence-electron chi connectivity index (χ0n) is 14.7. The largest absolute Gasteiger partial charge is 0.489 e. The van der Waals surface area contributed by atoms with Crippen molar-refractivity contribution in [3.05, 3.63) is 84.3 Å². The second-order valence-electron chi connectivity index (χ2n) is 6.10. The summed E-state index contributed by atoms with van der Waals surface area (Å²) in [6.45, 7) is 3.02. The molecule has 2 aromatic carbocycles. The monoisotopic (exact) mass is 351 g/mol. The molecule has 0 fully saturated rings. The number of amides is 1. The van der Waals surface area contributed by atoms with Gasteiger partial charge < -0.3 is 19.8 Å². The molecule has 3 N–H and O–H groups in total. The highest BCUT2D eigenvalue weighted by Gasteiger charge is 2.16. The molecule has 1 heterocycles. The maximum absolute atomic E-state index is 12.3. The number of rotatable bonds is 8. The molecule has 5 heteroatoms. The van der Waals surface area contributed by atoms with E-state index < -0.39 is 0 Å². The van der Waals surface area contributed by atoms with E-state index in [2.05, 4.69) is 5.32 Å². The van der Waals surface area contributed by atoms with Crippen LogP contribution in [0.25, 0.3) is 0 Å². The normalized spacial score (nSPS) is 11.7. The SMILES string of the molecule is C[C@@H]([NH2+]Cc1ccco1)C(=O)Nc1ccc(OCc2ccccc2)cc1. The highest BCUT2D eigenvalue weighted by molar-refractivity contribution is 5.93. The van der Waals surface area contributed by atoms with E-state index in [1.165, 1.54) is 0 Å². The van der Waals surface area contributed by atoms with E-state index in [0.29, 0.717) is 13.2 Å². The fourth-order valence-electron chi connectivity index (χ4n) is 2.46. The summed E-state index contributed by atoms with van der Waals surface area (Å²) in [4.78, 5) is 12.3. The summed E-state index contributed by atoms with van der Waals surface area (Å²) in [5.74, 6) is 1.57. The van der Waals surface area contributed by atoms with Gasteiger partial charge in [0.15, 0.2) is 11.8 Å². The van der Waals surface area contributed by atoms with Gasteiger partial charge in [-0.25, -0.2) is 0 Å². The molecule has 0 spiro atoms. The van der Waals surface area contributed by atoms with Gasteiger partial charge in [-0.05, 0) is 48.9 Å². The summed E-state index contributed by atoms with van der Waals surface area (Å²) in [5, 5.41) is 4.85. The molecule has 1 amide bonds. The third-order valence-corrected chi connectivity index (χ3v) is 4.04. The van der Waals surface area contributed by atoms with Gasteiger partial charge in [0, 0.05) is 5.69 Å². The van der Waals surface area contributed by atoms with Crippen LogP contribution in [0.5, 0.6) is 5.75 Å². The number of benzene rings is 2. The Balaban J connectivity index is 1.46. The first kappa shape index (κ1) is 17.8. The van der Waals surface area contributed by atoms with E-state index in [4.69, 9.17) is 9.15 Å². The first-order valence-electron chi connectivity index (χ1n) is 8.64. The van der Waals surface area contributed by atoms with Crippen molar-refractivity contribution in [3.63, 3.8) is 0 Å². The van der Waals surface area contributed by atoms with Crippen molar-refractivity contribution in [2.75, 3.05) is 5.32 Å². The van der Waals surface area contributed by atoms with Gasteiger partial charge in [0.05, 0.1) is 6.26 Å². The molecule has 3 rings (SSSR count). The van der Waals surface area contributed by atoms with Crippen LogP contribution >= 0.6 is 0 Å². The van der Waals surface area contributed by atoms with Crippen LogP contribution in [0, 0.1) is 0 Å². The number of ether oxygens (including phenoxy) is 1. The minimum absolute atomic E-state index is 0.0467. The third-order valence-electron chi connectivity index (χ3n) is 4.04. The van der Waals surface area contributed by atoms with Gasteiger partial charge in [0.1, 0.15) is 18.9 Å². The lowest BCUT2D eigenvalue weighted by molar-refractivity contribution is -0.690. The quantitative estimate of drug-likeness (QED) is 0.656. The average Bonchev–Trinajstić information content (AvgIpc) is 3.20. The standard InChI is InChI=1S/C21H22N2O3/c1-16(22-14-20-8-5-13-25-20)21(24)23-18-9-11-19(12-10-18)26-15-17-6-3-2-4-7-17/h2-13,16,22H,14-15H2,1H3,(H,23,24)/p+1/t16-/m1/s1. The Morgan fingerprint density at radius 3 is 2.54 bits per heavy atom. The molecule has 0 unspecified atom stereocenters. The van der Waals surface area contributed by atoms with Crippen molar-refractivity contribution in [2.24, 2.45) is 0 Å². The van der Waals surface area contributed by atoms with Gasteiger partial charge >= 0.3 is 0 Å². The molecule has 0 radical (unpaired) electrons. The van der Waals surface area contributed by atoms with E-state index in [1.807, 2.05) is 79.0 Å². The second-order valence-corrected chi connectivity index (χ2v) is 6.10. The third kappa shape index (κ3) is 5.22. The number of nitrogens with two attached hydrogens (primary N) is 1. The van der Waals surface area contributed by atoms with Crippen molar-refractivity contribution in [1.29, 1.82) is 0 Å². The number of hydrogen-bond donors (Lipinski definition) is 2. The number of anilines is 1. The number of quaternary nitrogens is 1. The molecule has 0 aliphatic carbocycles. The van der Waals surface area contributed by atoms with Gasteiger partial charge in [-0.1, -0.05) is 30.3 Å². The van der Waals surface area contributed by atoms with Crippen LogP contribution in [0.2, 0.25) is 0 Å². The maximum Gasteiger partial charge on any atom is 0.282 e. The number of hydrogen-bond acceptors (Lipinski definition) is 3. The summed E-state index contributed by atoms with van der Waals surface area (Å²) in [5.41, 5.74) is 1.87. The minimum Gasteiger partial charge on any atom is -0.489 e. The fraction of sp³-hybridized carbons (Fsp3) is 0.190. The Labute approximate surface area is 153 Å². The summed E-state index contributed by atoms with van der Waals surface area (Å²) < 4.78 is 11.0. The topological polar surface area (TPSA) is 68.1 Å². The molecule has 0 saturated carbocycles. The van der Waals surface area contributed by atoms with Crippen molar-refractivity contribution >= 4 is 11.6 Å². The van der Waals surface area contributed by atoms with Crippen molar-refractivity contribution < 1.29 is 19.3 Å². The molecular weight excluding hydrogens is 328 g/mol. The predicted octanol–water partition coefficient (Wildman–Crippen LogP) is 2.95. The zero-order chi connectivity index (χ0) is 18.2. The van der Waals surface area contributed by atoms with Crippen LogP contribution in [-0.4, -0.2) is 11.9 Å². The van der Waals surface area contributed by atoms with Crippen molar-refractivity contribution in [3.8, 4) is 5.75 Å². The Bertz CT molecular complexity index is 799. The predicted molar refractivity (Wildman–Crippen MR) is 99.6 cm³/mol. The molecule has 1 aromatic heterocycles. The molecule has 0 saturated heterocycles. The molecule has 1 atom stereocenters. The summed E-state index contributed by atoms with van der Waals surface area (Å²) in [6, 6.07) is 20.9. The second kappa shape index (κ2) is 8.87. The molecule has 0 aliphatic rings. The number of furan rings is 1. The molecule has 0 aliphatic heterocycles. The lowest BCUT2D eigenvalue weighted by Gasteiger charge is -2.11. The minimum atomic E-state index is -0.214. The number of carbonyl (C=O) groups is 1. The first-order chi connectivity index (χ1) is 12.7. The molecule has 3 aromatic rings. The fourth-order valence-corrected chi connectivity index (χ4v) is 2.46. The summed E-state index contributed by atoms with van der Waals surface area (Å²) in [7, 11) is 0. The lowest BCUT2D eigenvalue weighted by Crippen LogP contribution is -2.90. The average molecular weight is 351 g/mol. The Kier molecular flexibility index (Phi) is 6.06. The Hall–Kier alpha value is -3.05. The molecular formula is C21H23N2O3+. The zero-order valence-corrected chi connectivity index (χ0v) is 14.7. The summed E-state index contributed by atoms with van der Waals surface area (Å²) in [6.07, 6.45) is 1.63.